The van der Waals surface area contributed by atoms with E-state index in [2.05, 4.69) is 4.98 Å². The van der Waals surface area contributed by atoms with Gasteiger partial charge in [-0.3, -0.25) is 0 Å². The quantitative estimate of drug-likeness (QED) is 0.727. The smallest absolute Gasteiger partial charge is 0.213 e. The van der Waals surface area contributed by atoms with Crippen molar-refractivity contribution in [2.24, 2.45) is 0 Å². The fourth-order valence-electron chi connectivity index (χ4n) is 0.940. The molecule has 1 rings (SSSR count). The van der Waals surface area contributed by atoms with Crippen LogP contribution in [-0.2, 0) is 6.42 Å². The Morgan fingerprint density at radius 1 is 1.50 bits per heavy atom. The molecule has 12 heavy (non-hydrogen) atoms. The highest BCUT2D eigenvalue weighted by atomic mass is 16.5. The summed E-state index contributed by atoms with van der Waals surface area (Å²) in [5, 5.41) is 8.66. The highest BCUT2D eigenvalue weighted by molar-refractivity contribution is 5.15. The second-order valence-corrected chi connectivity index (χ2v) is 2.37. The lowest BCUT2D eigenvalue weighted by atomic mass is 10.3. The number of rotatable bonds is 4. The molecule has 66 valence electrons. The second kappa shape index (κ2) is 4.72. The molecule has 0 radical (unpaired) electrons. The van der Waals surface area contributed by atoms with E-state index in [9.17, 15) is 0 Å². The molecule has 1 aromatic heterocycles. The van der Waals surface area contributed by atoms with Gasteiger partial charge in [0.05, 0.1) is 6.61 Å². The summed E-state index contributed by atoms with van der Waals surface area (Å²) in [6, 6.07) is 5.56. The zero-order chi connectivity index (χ0) is 8.81. The molecule has 0 fully saturated rings. The zero-order valence-corrected chi connectivity index (χ0v) is 7.16. The Bertz CT molecular complexity index is 216. The maximum atomic E-state index is 8.66. The SMILES string of the molecule is CCOc1cccc(CCO)n1. The van der Waals surface area contributed by atoms with Gasteiger partial charge in [-0.05, 0) is 13.0 Å². The number of aliphatic hydroxyl groups excluding tert-OH is 1. The molecule has 0 bridgehead atoms. The van der Waals surface area contributed by atoms with Crippen molar-refractivity contribution >= 4 is 0 Å². The van der Waals surface area contributed by atoms with E-state index in [4.69, 9.17) is 9.84 Å². The summed E-state index contributed by atoms with van der Waals surface area (Å²) in [7, 11) is 0. The summed E-state index contributed by atoms with van der Waals surface area (Å²) in [5.74, 6) is 0.628. The Kier molecular flexibility index (Phi) is 3.54. The Labute approximate surface area is 72.0 Å². The fourth-order valence-corrected chi connectivity index (χ4v) is 0.940. The Balaban J connectivity index is 2.67. The molecule has 0 atom stereocenters. The molecule has 3 heteroatoms. The molecule has 1 aromatic rings. The lowest BCUT2D eigenvalue weighted by Crippen LogP contribution is -1.98. The molecule has 0 saturated carbocycles. The van der Waals surface area contributed by atoms with Crippen molar-refractivity contribution in [1.82, 2.24) is 4.98 Å². The minimum atomic E-state index is 0.128. The van der Waals surface area contributed by atoms with E-state index >= 15 is 0 Å². The van der Waals surface area contributed by atoms with Crippen LogP contribution in [-0.4, -0.2) is 23.3 Å². The van der Waals surface area contributed by atoms with Gasteiger partial charge in [-0.2, -0.15) is 0 Å². The van der Waals surface area contributed by atoms with Crippen LogP contribution < -0.4 is 4.74 Å². The molecule has 1 heterocycles. The zero-order valence-electron chi connectivity index (χ0n) is 7.16. The van der Waals surface area contributed by atoms with E-state index in [1.54, 1.807) is 0 Å². The van der Waals surface area contributed by atoms with Gasteiger partial charge in [0, 0.05) is 24.8 Å². The van der Waals surface area contributed by atoms with Crippen LogP contribution in [0.15, 0.2) is 18.2 Å². The first-order chi connectivity index (χ1) is 5.86. The third-order valence-corrected chi connectivity index (χ3v) is 1.44. The first-order valence-corrected chi connectivity index (χ1v) is 4.06. The average Bonchev–Trinajstić information content (AvgIpc) is 2.06. The number of aliphatic hydroxyl groups is 1. The maximum Gasteiger partial charge on any atom is 0.213 e. The van der Waals surface area contributed by atoms with E-state index in [1.807, 2.05) is 25.1 Å². The molecule has 0 aromatic carbocycles. The molecular weight excluding hydrogens is 154 g/mol. The topological polar surface area (TPSA) is 42.4 Å². The van der Waals surface area contributed by atoms with E-state index in [0.29, 0.717) is 18.9 Å². The number of hydrogen-bond donors (Lipinski definition) is 1. The highest BCUT2D eigenvalue weighted by Crippen LogP contribution is 2.07. The van der Waals surface area contributed by atoms with Gasteiger partial charge in [0.15, 0.2) is 0 Å². The van der Waals surface area contributed by atoms with Crippen LogP contribution in [0.5, 0.6) is 5.88 Å². The van der Waals surface area contributed by atoms with Crippen molar-refractivity contribution < 1.29 is 9.84 Å². The van der Waals surface area contributed by atoms with Crippen LogP contribution in [0, 0.1) is 0 Å². The summed E-state index contributed by atoms with van der Waals surface area (Å²) < 4.78 is 5.20. The molecule has 0 amide bonds. The van der Waals surface area contributed by atoms with Crippen molar-refractivity contribution in [3.63, 3.8) is 0 Å². The Morgan fingerprint density at radius 2 is 2.33 bits per heavy atom. The Morgan fingerprint density at radius 3 is 3.00 bits per heavy atom. The molecule has 1 N–H and O–H groups in total. The Hall–Kier alpha value is -1.09. The van der Waals surface area contributed by atoms with Gasteiger partial charge in [0.2, 0.25) is 5.88 Å². The predicted molar refractivity (Wildman–Crippen MR) is 46.2 cm³/mol. The van der Waals surface area contributed by atoms with Gasteiger partial charge in [0.25, 0.3) is 0 Å². The second-order valence-electron chi connectivity index (χ2n) is 2.37. The van der Waals surface area contributed by atoms with Crippen LogP contribution in [0.4, 0.5) is 0 Å². The van der Waals surface area contributed by atoms with E-state index in [0.717, 1.165) is 5.69 Å². The third kappa shape index (κ3) is 2.51. The summed E-state index contributed by atoms with van der Waals surface area (Å²) in [5.41, 5.74) is 0.864. The molecule has 3 nitrogen and oxygen atoms in total. The highest BCUT2D eigenvalue weighted by Gasteiger charge is 1.96. The maximum absolute atomic E-state index is 8.66. The molecule has 0 aliphatic rings. The summed E-state index contributed by atoms with van der Waals surface area (Å²) in [6.07, 6.45) is 0.584. The van der Waals surface area contributed by atoms with Crippen LogP contribution in [0.3, 0.4) is 0 Å². The predicted octanol–water partition coefficient (Wildman–Crippen LogP) is 1.02. The van der Waals surface area contributed by atoms with Crippen molar-refractivity contribution in [3.8, 4) is 5.88 Å². The van der Waals surface area contributed by atoms with Crippen molar-refractivity contribution in [2.75, 3.05) is 13.2 Å². The van der Waals surface area contributed by atoms with Crippen LogP contribution in [0.25, 0.3) is 0 Å². The average molecular weight is 167 g/mol. The largest absolute Gasteiger partial charge is 0.478 e. The van der Waals surface area contributed by atoms with E-state index in [1.165, 1.54) is 0 Å². The van der Waals surface area contributed by atoms with Crippen molar-refractivity contribution in [1.29, 1.82) is 0 Å². The normalized spacial score (nSPS) is 9.83. The third-order valence-electron chi connectivity index (χ3n) is 1.44. The number of pyridine rings is 1. The summed E-state index contributed by atoms with van der Waals surface area (Å²) in [4.78, 5) is 4.17. The lowest BCUT2D eigenvalue weighted by molar-refractivity contribution is 0.295. The van der Waals surface area contributed by atoms with Crippen LogP contribution in [0.2, 0.25) is 0 Å². The molecular formula is C9H13NO2. The monoisotopic (exact) mass is 167 g/mol. The fraction of sp³-hybridized carbons (Fsp3) is 0.444. The van der Waals surface area contributed by atoms with E-state index in [-0.39, 0.29) is 6.61 Å². The standard InChI is InChI=1S/C9H13NO2/c1-2-12-9-5-3-4-8(10-9)6-7-11/h3-5,11H,2,6-7H2,1H3. The van der Waals surface area contributed by atoms with Gasteiger partial charge >= 0.3 is 0 Å². The summed E-state index contributed by atoms with van der Waals surface area (Å²) >= 11 is 0. The first kappa shape index (κ1) is 9.00. The first-order valence-electron chi connectivity index (χ1n) is 4.06. The lowest BCUT2D eigenvalue weighted by Gasteiger charge is -2.02. The minimum Gasteiger partial charge on any atom is -0.478 e. The van der Waals surface area contributed by atoms with Gasteiger partial charge in [-0.25, -0.2) is 4.98 Å². The molecule has 0 unspecified atom stereocenters. The van der Waals surface area contributed by atoms with E-state index < -0.39 is 0 Å². The van der Waals surface area contributed by atoms with Crippen LogP contribution >= 0.6 is 0 Å². The van der Waals surface area contributed by atoms with Crippen molar-refractivity contribution in [3.05, 3.63) is 23.9 Å². The van der Waals surface area contributed by atoms with Crippen LogP contribution in [0.1, 0.15) is 12.6 Å². The number of hydrogen-bond acceptors (Lipinski definition) is 3. The number of aromatic nitrogens is 1. The number of nitrogens with zero attached hydrogens (tertiary/aromatic N) is 1. The van der Waals surface area contributed by atoms with Gasteiger partial charge in [-0.15, -0.1) is 0 Å². The molecule has 0 aliphatic carbocycles. The summed E-state index contributed by atoms with van der Waals surface area (Å²) in [6.45, 7) is 2.67. The number of ether oxygens (including phenoxy) is 1. The molecule has 0 aliphatic heterocycles. The van der Waals surface area contributed by atoms with Crippen molar-refractivity contribution in [2.45, 2.75) is 13.3 Å². The van der Waals surface area contributed by atoms with Gasteiger partial charge in [0.1, 0.15) is 0 Å². The van der Waals surface area contributed by atoms with Gasteiger partial charge in [-0.1, -0.05) is 6.07 Å². The van der Waals surface area contributed by atoms with Gasteiger partial charge < -0.3 is 9.84 Å². The minimum absolute atomic E-state index is 0.128. The molecule has 0 saturated heterocycles. The molecule has 0 spiro atoms.